The predicted octanol–water partition coefficient (Wildman–Crippen LogP) is 6.08. The highest BCUT2D eigenvalue weighted by Gasteiger charge is 2.17. The lowest BCUT2D eigenvalue weighted by atomic mass is 10.2. The molecule has 33 heavy (non-hydrogen) atoms. The molecule has 0 spiro atoms. The maximum absolute atomic E-state index is 13.1. The lowest BCUT2D eigenvalue weighted by molar-refractivity contribution is 0.594. The molecule has 0 heterocycles. The minimum Gasteiger partial charge on any atom is -0.366 e. The third-order valence-electron chi connectivity index (χ3n) is 5.35. The highest BCUT2D eigenvalue weighted by atomic mass is 32.2. The van der Waals surface area contributed by atoms with Gasteiger partial charge in [0.15, 0.2) is 0 Å². The SMILES string of the molecule is CCCCC(=Nc1ccc(S(=O)(=O)c2ccc(N=C(CCCC)N(C)C)cc2)cc1)N(C)C. The van der Waals surface area contributed by atoms with E-state index in [-0.39, 0.29) is 9.79 Å². The number of amidine groups is 2. The van der Waals surface area contributed by atoms with Crippen molar-refractivity contribution in [2.75, 3.05) is 28.2 Å². The van der Waals surface area contributed by atoms with E-state index in [4.69, 9.17) is 9.98 Å². The molecular weight excluding hydrogens is 432 g/mol. The van der Waals surface area contributed by atoms with Gasteiger partial charge in [0.25, 0.3) is 0 Å². The molecule has 180 valence electrons. The Kier molecular flexibility index (Phi) is 10.1. The Morgan fingerprint density at radius 3 is 1.27 bits per heavy atom. The number of nitrogens with zero attached hydrogens (tertiary/aromatic N) is 4. The number of hydrogen-bond donors (Lipinski definition) is 0. The summed E-state index contributed by atoms with van der Waals surface area (Å²) in [7, 11) is 4.31. The van der Waals surface area contributed by atoms with Crippen LogP contribution in [0.2, 0.25) is 0 Å². The molecule has 0 saturated carbocycles. The van der Waals surface area contributed by atoms with Crippen LogP contribution < -0.4 is 0 Å². The van der Waals surface area contributed by atoms with E-state index < -0.39 is 9.84 Å². The third-order valence-corrected chi connectivity index (χ3v) is 7.14. The van der Waals surface area contributed by atoms with E-state index in [1.807, 2.05) is 38.0 Å². The Labute approximate surface area is 200 Å². The van der Waals surface area contributed by atoms with Crippen LogP contribution in [0.5, 0.6) is 0 Å². The molecule has 2 aromatic rings. The van der Waals surface area contributed by atoms with Crippen LogP contribution in [0.25, 0.3) is 0 Å². The van der Waals surface area contributed by atoms with Crippen molar-refractivity contribution in [1.29, 1.82) is 0 Å². The molecule has 0 aliphatic rings. The summed E-state index contributed by atoms with van der Waals surface area (Å²) in [6.07, 6.45) is 6.13. The minimum absolute atomic E-state index is 0.259. The first-order chi connectivity index (χ1) is 15.7. The van der Waals surface area contributed by atoms with Crippen molar-refractivity contribution in [2.45, 2.75) is 62.2 Å². The van der Waals surface area contributed by atoms with Gasteiger partial charge >= 0.3 is 0 Å². The summed E-state index contributed by atoms with van der Waals surface area (Å²) < 4.78 is 26.2. The molecule has 0 saturated heterocycles. The number of aliphatic imine (C=N–C) groups is 2. The molecule has 2 aromatic carbocycles. The summed E-state index contributed by atoms with van der Waals surface area (Å²) >= 11 is 0. The Morgan fingerprint density at radius 1 is 0.667 bits per heavy atom. The van der Waals surface area contributed by atoms with Gasteiger partial charge in [-0.15, -0.1) is 0 Å². The van der Waals surface area contributed by atoms with Crippen molar-refractivity contribution in [3.05, 3.63) is 48.5 Å². The standard InChI is InChI=1S/C26H38N4O2S/c1-7-9-11-25(29(3)4)27-21-13-17-23(18-14-21)33(31,32)24-19-15-22(16-20-24)28-26(30(5)6)12-10-8-2/h13-20H,7-12H2,1-6H3. The number of hydrogen-bond acceptors (Lipinski definition) is 4. The van der Waals surface area contributed by atoms with Gasteiger partial charge in [-0.2, -0.15) is 0 Å². The quantitative estimate of drug-likeness (QED) is 0.312. The first kappa shape index (κ1) is 26.6. The number of rotatable bonds is 10. The lowest BCUT2D eigenvalue weighted by Crippen LogP contribution is -2.21. The smallest absolute Gasteiger partial charge is 0.206 e. The van der Waals surface area contributed by atoms with Gasteiger partial charge in [0.2, 0.25) is 9.84 Å². The van der Waals surface area contributed by atoms with Gasteiger partial charge in [-0.05, 0) is 61.4 Å². The van der Waals surface area contributed by atoms with Crippen LogP contribution in [0.1, 0.15) is 52.4 Å². The first-order valence-corrected chi connectivity index (χ1v) is 13.1. The average Bonchev–Trinajstić information content (AvgIpc) is 2.79. The third kappa shape index (κ3) is 7.70. The highest BCUT2D eigenvalue weighted by Crippen LogP contribution is 2.26. The van der Waals surface area contributed by atoms with Crippen LogP contribution in [0, 0.1) is 0 Å². The molecular formula is C26H38N4O2S. The molecule has 0 bridgehead atoms. The van der Waals surface area contributed by atoms with E-state index in [1.165, 1.54) is 0 Å². The summed E-state index contributed by atoms with van der Waals surface area (Å²) in [5, 5.41) is 0. The van der Waals surface area contributed by atoms with Gasteiger partial charge in [-0.3, -0.25) is 0 Å². The molecule has 0 atom stereocenters. The van der Waals surface area contributed by atoms with Gasteiger partial charge in [0.1, 0.15) is 11.7 Å². The Balaban J connectivity index is 2.24. The fraction of sp³-hybridized carbons (Fsp3) is 0.462. The van der Waals surface area contributed by atoms with Crippen LogP contribution in [-0.2, 0) is 9.84 Å². The summed E-state index contributed by atoms with van der Waals surface area (Å²) in [4.78, 5) is 13.9. The first-order valence-electron chi connectivity index (χ1n) is 11.6. The van der Waals surface area contributed by atoms with Crippen LogP contribution in [0.15, 0.2) is 68.3 Å². The Bertz CT molecular complexity index is 959. The average molecular weight is 471 g/mol. The highest BCUT2D eigenvalue weighted by molar-refractivity contribution is 7.91. The monoisotopic (exact) mass is 470 g/mol. The van der Waals surface area contributed by atoms with Crippen molar-refractivity contribution in [2.24, 2.45) is 9.98 Å². The van der Waals surface area contributed by atoms with Crippen molar-refractivity contribution >= 4 is 32.9 Å². The van der Waals surface area contributed by atoms with Gasteiger partial charge < -0.3 is 9.80 Å². The largest absolute Gasteiger partial charge is 0.366 e. The summed E-state index contributed by atoms with van der Waals surface area (Å²) in [5.74, 6) is 1.97. The summed E-state index contributed by atoms with van der Waals surface area (Å²) in [6.45, 7) is 4.30. The van der Waals surface area contributed by atoms with Crippen molar-refractivity contribution in [1.82, 2.24) is 9.80 Å². The molecule has 0 fully saturated rings. The minimum atomic E-state index is -3.61. The Morgan fingerprint density at radius 2 is 1.00 bits per heavy atom. The zero-order chi connectivity index (χ0) is 24.4. The maximum atomic E-state index is 13.1. The second-order valence-electron chi connectivity index (χ2n) is 8.54. The Hall–Kier alpha value is -2.67. The molecule has 0 unspecified atom stereocenters. The van der Waals surface area contributed by atoms with E-state index in [0.29, 0.717) is 0 Å². The van der Waals surface area contributed by atoms with Crippen molar-refractivity contribution < 1.29 is 8.42 Å². The molecule has 0 radical (unpaired) electrons. The van der Waals surface area contributed by atoms with Gasteiger partial charge in [-0.25, -0.2) is 18.4 Å². The summed E-state index contributed by atoms with van der Waals surface area (Å²) in [5.41, 5.74) is 1.50. The number of unbranched alkanes of at least 4 members (excludes halogenated alkanes) is 2. The zero-order valence-corrected chi connectivity index (χ0v) is 21.7. The fourth-order valence-electron chi connectivity index (χ4n) is 3.26. The normalized spacial score (nSPS) is 12.7. The maximum Gasteiger partial charge on any atom is 0.206 e. The van der Waals surface area contributed by atoms with E-state index in [9.17, 15) is 8.42 Å². The predicted molar refractivity (Wildman–Crippen MR) is 139 cm³/mol. The van der Waals surface area contributed by atoms with Crippen LogP contribution in [0.3, 0.4) is 0 Å². The van der Waals surface area contributed by atoms with Crippen LogP contribution in [-0.4, -0.2) is 58.1 Å². The second kappa shape index (κ2) is 12.5. The van der Waals surface area contributed by atoms with Crippen molar-refractivity contribution in [3.63, 3.8) is 0 Å². The molecule has 0 aliphatic carbocycles. The topological polar surface area (TPSA) is 65.3 Å². The van der Waals surface area contributed by atoms with Gasteiger partial charge in [-0.1, -0.05) is 26.7 Å². The van der Waals surface area contributed by atoms with E-state index >= 15 is 0 Å². The molecule has 0 N–H and O–H groups in total. The second-order valence-corrected chi connectivity index (χ2v) is 10.5. The molecule has 7 heteroatoms. The van der Waals surface area contributed by atoms with E-state index in [1.54, 1.807) is 48.5 Å². The lowest BCUT2D eigenvalue weighted by Gasteiger charge is -2.16. The molecule has 0 amide bonds. The van der Waals surface area contributed by atoms with Crippen LogP contribution >= 0.6 is 0 Å². The molecule has 0 aliphatic heterocycles. The molecule has 2 rings (SSSR count). The number of sulfone groups is 1. The van der Waals surface area contributed by atoms with E-state index in [0.717, 1.165) is 61.6 Å². The summed E-state index contributed by atoms with van der Waals surface area (Å²) in [6, 6.07) is 13.6. The van der Waals surface area contributed by atoms with Crippen LogP contribution in [0.4, 0.5) is 11.4 Å². The van der Waals surface area contributed by atoms with Gasteiger partial charge in [0.05, 0.1) is 21.2 Å². The number of benzene rings is 2. The molecule has 6 nitrogen and oxygen atoms in total. The zero-order valence-electron chi connectivity index (χ0n) is 20.9. The molecule has 0 aromatic heterocycles. The fourth-order valence-corrected chi connectivity index (χ4v) is 4.52. The van der Waals surface area contributed by atoms with E-state index in [2.05, 4.69) is 13.8 Å². The van der Waals surface area contributed by atoms with Gasteiger partial charge in [0, 0.05) is 41.0 Å². The van der Waals surface area contributed by atoms with Crippen molar-refractivity contribution in [3.8, 4) is 0 Å².